The molecule has 0 aromatic heterocycles. The van der Waals surface area contributed by atoms with Crippen LogP contribution in [0.5, 0.6) is 0 Å². The minimum absolute atomic E-state index is 0.0213. The topological polar surface area (TPSA) is 32.3 Å². The van der Waals surface area contributed by atoms with Gasteiger partial charge in [-0.05, 0) is 59.9 Å². The van der Waals surface area contributed by atoms with Crippen molar-refractivity contribution >= 4 is 21.8 Å². The molecule has 116 valence electrons. The molecule has 5 heteroatoms. The summed E-state index contributed by atoms with van der Waals surface area (Å²) in [7, 11) is 3.86. The SMILES string of the molecule is CN(C)[C@@H](CNC(=O)c1ccccc1Br)c1ccc(F)cc1. The molecule has 3 nitrogen and oxygen atoms in total. The summed E-state index contributed by atoms with van der Waals surface area (Å²) < 4.78 is 13.8. The maximum absolute atomic E-state index is 13.0. The van der Waals surface area contributed by atoms with Crippen LogP contribution in [-0.2, 0) is 0 Å². The molecule has 0 aliphatic carbocycles. The highest BCUT2D eigenvalue weighted by atomic mass is 79.9. The van der Waals surface area contributed by atoms with E-state index in [1.54, 1.807) is 18.2 Å². The Morgan fingerprint density at radius 1 is 1.18 bits per heavy atom. The predicted octanol–water partition coefficient (Wildman–Crippen LogP) is 3.62. The smallest absolute Gasteiger partial charge is 0.252 e. The lowest BCUT2D eigenvalue weighted by Gasteiger charge is -2.25. The Morgan fingerprint density at radius 3 is 2.41 bits per heavy atom. The Labute approximate surface area is 138 Å². The third kappa shape index (κ3) is 4.15. The zero-order chi connectivity index (χ0) is 16.1. The predicted molar refractivity (Wildman–Crippen MR) is 89.3 cm³/mol. The van der Waals surface area contributed by atoms with Crippen molar-refractivity contribution in [2.24, 2.45) is 0 Å². The number of nitrogens with one attached hydrogen (secondary N) is 1. The average Bonchev–Trinajstić information content (AvgIpc) is 2.49. The molecule has 1 atom stereocenters. The first-order valence-corrected chi connectivity index (χ1v) is 7.73. The second-order valence-corrected chi connectivity index (χ2v) is 6.08. The number of amides is 1. The Hall–Kier alpha value is -1.72. The van der Waals surface area contributed by atoms with E-state index in [2.05, 4.69) is 21.2 Å². The van der Waals surface area contributed by atoms with E-state index in [4.69, 9.17) is 0 Å². The van der Waals surface area contributed by atoms with Gasteiger partial charge in [0.15, 0.2) is 0 Å². The highest BCUT2D eigenvalue weighted by Crippen LogP contribution is 2.19. The van der Waals surface area contributed by atoms with Crippen LogP contribution < -0.4 is 5.32 Å². The second-order valence-electron chi connectivity index (χ2n) is 5.22. The Morgan fingerprint density at radius 2 is 1.82 bits per heavy atom. The van der Waals surface area contributed by atoms with Crippen LogP contribution >= 0.6 is 15.9 Å². The fraction of sp³-hybridized carbons (Fsp3) is 0.235. The van der Waals surface area contributed by atoms with Gasteiger partial charge in [-0.1, -0.05) is 24.3 Å². The van der Waals surface area contributed by atoms with Crippen LogP contribution in [0, 0.1) is 5.82 Å². The fourth-order valence-electron chi connectivity index (χ4n) is 2.21. The number of carbonyl (C=O) groups excluding carboxylic acids is 1. The van der Waals surface area contributed by atoms with E-state index in [1.165, 1.54) is 12.1 Å². The molecule has 0 fully saturated rings. The van der Waals surface area contributed by atoms with Crippen molar-refractivity contribution in [1.29, 1.82) is 0 Å². The van der Waals surface area contributed by atoms with E-state index >= 15 is 0 Å². The Balaban J connectivity index is 2.08. The monoisotopic (exact) mass is 364 g/mol. The maximum atomic E-state index is 13.0. The Bertz CT molecular complexity index is 643. The van der Waals surface area contributed by atoms with E-state index in [9.17, 15) is 9.18 Å². The summed E-state index contributed by atoms with van der Waals surface area (Å²) in [5.41, 5.74) is 1.55. The highest BCUT2D eigenvalue weighted by molar-refractivity contribution is 9.10. The van der Waals surface area contributed by atoms with Crippen molar-refractivity contribution in [1.82, 2.24) is 10.2 Å². The van der Waals surface area contributed by atoms with Gasteiger partial charge in [-0.3, -0.25) is 4.79 Å². The Kier molecular flexibility index (Phi) is 5.69. The molecule has 1 amide bonds. The minimum Gasteiger partial charge on any atom is -0.350 e. The number of likely N-dealkylation sites (N-methyl/N-ethyl adjacent to an activating group) is 1. The number of benzene rings is 2. The van der Waals surface area contributed by atoms with Gasteiger partial charge in [-0.2, -0.15) is 0 Å². The first-order chi connectivity index (χ1) is 10.5. The van der Waals surface area contributed by atoms with E-state index < -0.39 is 0 Å². The van der Waals surface area contributed by atoms with Gasteiger partial charge < -0.3 is 10.2 Å². The average molecular weight is 365 g/mol. The molecule has 2 rings (SSSR count). The summed E-state index contributed by atoms with van der Waals surface area (Å²) in [5, 5.41) is 2.93. The van der Waals surface area contributed by atoms with Crippen molar-refractivity contribution < 1.29 is 9.18 Å². The van der Waals surface area contributed by atoms with Crippen LogP contribution in [0.4, 0.5) is 4.39 Å². The number of nitrogens with zero attached hydrogens (tertiary/aromatic N) is 1. The summed E-state index contributed by atoms with van der Waals surface area (Å²) in [6.45, 7) is 0.443. The summed E-state index contributed by atoms with van der Waals surface area (Å²) in [5.74, 6) is -0.403. The highest BCUT2D eigenvalue weighted by Gasteiger charge is 2.16. The third-order valence-electron chi connectivity index (χ3n) is 3.45. The zero-order valence-corrected chi connectivity index (χ0v) is 14.1. The normalized spacial score (nSPS) is 12.2. The zero-order valence-electron chi connectivity index (χ0n) is 12.5. The number of carbonyl (C=O) groups is 1. The van der Waals surface area contributed by atoms with Crippen LogP contribution in [-0.4, -0.2) is 31.4 Å². The first kappa shape index (κ1) is 16.6. The molecule has 0 bridgehead atoms. The molecule has 0 aliphatic heterocycles. The molecule has 0 aliphatic rings. The van der Waals surface area contributed by atoms with Crippen molar-refractivity contribution in [3.05, 3.63) is 69.9 Å². The quantitative estimate of drug-likeness (QED) is 0.878. The van der Waals surface area contributed by atoms with Gasteiger partial charge in [0.25, 0.3) is 5.91 Å². The van der Waals surface area contributed by atoms with Crippen molar-refractivity contribution in [3.63, 3.8) is 0 Å². The summed E-state index contributed by atoms with van der Waals surface area (Å²) >= 11 is 3.37. The number of hydrogen-bond acceptors (Lipinski definition) is 2. The molecular weight excluding hydrogens is 347 g/mol. The van der Waals surface area contributed by atoms with Crippen LogP contribution in [0.2, 0.25) is 0 Å². The second kappa shape index (κ2) is 7.51. The van der Waals surface area contributed by atoms with E-state index in [0.717, 1.165) is 10.0 Å². The lowest BCUT2D eigenvalue weighted by Crippen LogP contribution is -2.34. The molecule has 2 aromatic carbocycles. The minimum atomic E-state index is -0.265. The van der Waals surface area contributed by atoms with Crippen molar-refractivity contribution in [2.75, 3.05) is 20.6 Å². The van der Waals surface area contributed by atoms with E-state index in [1.807, 2.05) is 37.2 Å². The fourth-order valence-corrected chi connectivity index (χ4v) is 2.68. The van der Waals surface area contributed by atoms with Gasteiger partial charge in [-0.15, -0.1) is 0 Å². The number of hydrogen-bond donors (Lipinski definition) is 1. The van der Waals surface area contributed by atoms with Crippen LogP contribution in [0.25, 0.3) is 0 Å². The number of halogens is 2. The molecule has 0 spiro atoms. The van der Waals surface area contributed by atoms with Gasteiger partial charge >= 0.3 is 0 Å². The van der Waals surface area contributed by atoms with Crippen LogP contribution in [0.1, 0.15) is 22.0 Å². The maximum Gasteiger partial charge on any atom is 0.252 e. The van der Waals surface area contributed by atoms with Gasteiger partial charge in [0, 0.05) is 11.0 Å². The summed E-state index contributed by atoms with van der Waals surface area (Å²) in [4.78, 5) is 14.3. The van der Waals surface area contributed by atoms with Crippen LogP contribution in [0.15, 0.2) is 53.0 Å². The first-order valence-electron chi connectivity index (χ1n) is 6.93. The molecule has 0 heterocycles. The van der Waals surface area contributed by atoms with E-state index in [0.29, 0.717) is 12.1 Å². The van der Waals surface area contributed by atoms with Gasteiger partial charge in [0.2, 0.25) is 0 Å². The third-order valence-corrected chi connectivity index (χ3v) is 4.14. The molecular formula is C17H18BrFN2O. The molecule has 0 unspecified atom stereocenters. The molecule has 22 heavy (non-hydrogen) atoms. The standard InChI is InChI=1S/C17H18BrFN2O/c1-21(2)16(12-7-9-13(19)10-8-12)11-20-17(22)14-5-3-4-6-15(14)18/h3-10,16H,11H2,1-2H3,(H,20,22)/t16-/m0/s1. The van der Waals surface area contributed by atoms with E-state index in [-0.39, 0.29) is 17.8 Å². The summed E-state index contributed by atoms with van der Waals surface area (Å²) in [6, 6.07) is 13.6. The van der Waals surface area contributed by atoms with Crippen LogP contribution in [0.3, 0.4) is 0 Å². The molecule has 0 saturated carbocycles. The number of rotatable bonds is 5. The lowest BCUT2D eigenvalue weighted by molar-refractivity contribution is 0.0941. The molecule has 2 aromatic rings. The lowest BCUT2D eigenvalue weighted by atomic mass is 10.1. The van der Waals surface area contributed by atoms with Gasteiger partial charge in [0.05, 0.1) is 11.6 Å². The van der Waals surface area contributed by atoms with Gasteiger partial charge in [0.1, 0.15) is 5.82 Å². The van der Waals surface area contributed by atoms with Gasteiger partial charge in [-0.25, -0.2) is 4.39 Å². The van der Waals surface area contributed by atoms with Crippen molar-refractivity contribution in [2.45, 2.75) is 6.04 Å². The molecule has 0 radical (unpaired) electrons. The molecule has 0 saturated heterocycles. The molecule has 1 N–H and O–H groups in total. The summed E-state index contributed by atoms with van der Waals surface area (Å²) in [6.07, 6.45) is 0. The largest absolute Gasteiger partial charge is 0.350 e. The van der Waals surface area contributed by atoms with Crippen molar-refractivity contribution in [3.8, 4) is 0 Å².